The zero-order valence-corrected chi connectivity index (χ0v) is 6.56. The van der Waals surface area contributed by atoms with Crippen molar-refractivity contribution in [3.8, 4) is 0 Å². The molecular formula is C7H7NO2S. The number of carbonyl (C=O) groups is 2. The zero-order chi connectivity index (χ0) is 8.27. The van der Waals surface area contributed by atoms with Crippen molar-refractivity contribution in [2.24, 2.45) is 5.73 Å². The van der Waals surface area contributed by atoms with Crippen LogP contribution in [0, 0.1) is 0 Å². The van der Waals surface area contributed by atoms with Crippen LogP contribution >= 0.6 is 11.3 Å². The van der Waals surface area contributed by atoms with E-state index < -0.39 is 5.91 Å². The van der Waals surface area contributed by atoms with Crippen molar-refractivity contribution >= 4 is 23.0 Å². The average Bonchev–Trinajstić information content (AvgIpc) is 2.35. The van der Waals surface area contributed by atoms with Gasteiger partial charge in [-0.1, -0.05) is 0 Å². The molecule has 58 valence electrons. The Balaban J connectivity index is 2.64. The van der Waals surface area contributed by atoms with Crippen molar-refractivity contribution in [1.29, 1.82) is 0 Å². The highest BCUT2D eigenvalue weighted by atomic mass is 32.1. The Morgan fingerprint density at radius 3 is 2.73 bits per heavy atom. The van der Waals surface area contributed by atoms with Gasteiger partial charge >= 0.3 is 0 Å². The van der Waals surface area contributed by atoms with E-state index in [1.54, 1.807) is 16.8 Å². The zero-order valence-electron chi connectivity index (χ0n) is 5.74. The lowest BCUT2D eigenvalue weighted by atomic mass is 10.2. The maximum absolute atomic E-state index is 11.0. The lowest BCUT2D eigenvalue weighted by molar-refractivity contribution is -0.117. The summed E-state index contributed by atoms with van der Waals surface area (Å²) in [5.41, 5.74) is 5.41. The SMILES string of the molecule is NC(=O)CC(=O)c1ccsc1. The number of rotatable bonds is 3. The molecule has 0 fully saturated rings. The molecule has 1 aromatic rings. The highest BCUT2D eigenvalue weighted by Gasteiger charge is 2.08. The Kier molecular flexibility index (Phi) is 2.38. The lowest BCUT2D eigenvalue weighted by Gasteiger charge is -1.90. The molecule has 1 amide bonds. The number of nitrogens with two attached hydrogens (primary N) is 1. The van der Waals surface area contributed by atoms with E-state index in [2.05, 4.69) is 0 Å². The number of primary amides is 1. The standard InChI is InChI=1S/C7H7NO2S/c8-7(10)3-6(9)5-1-2-11-4-5/h1-2,4H,3H2,(H2,8,10). The maximum Gasteiger partial charge on any atom is 0.225 e. The Hall–Kier alpha value is -1.16. The summed E-state index contributed by atoms with van der Waals surface area (Å²) in [6.07, 6.45) is -0.198. The molecular weight excluding hydrogens is 162 g/mol. The van der Waals surface area contributed by atoms with E-state index in [0.29, 0.717) is 5.56 Å². The van der Waals surface area contributed by atoms with Crippen LogP contribution in [0.1, 0.15) is 16.8 Å². The maximum atomic E-state index is 11.0. The van der Waals surface area contributed by atoms with E-state index in [-0.39, 0.29) is 12.2 Å². The number of hydrogen-bond donors (Lipinski definition) is 1. The van der Waals surface area contributed by atoms with E-state index in [1.807, 2.05) is 0 Å². The summed E-state index contributed by atoms with van der Waals surface area (Å²) in [4.78, 5) is 21.3. The van der Waals surface area contributed by atoms with Crippen LogP contribution in [-0.2, 0) is 4.79 Å². The van der Waals surface area contributed by atoms with E-state index in [0.717, 1.165) is 0 Å². The second kappa shape index (κ2) is 3.30. The second-order valence-corrected chi connectivity index (χ2v) is 2.86. The summed E-state index contributed by atoms with van der Waals surface area (Å²) >= 11 is 1.42. The minimum absolute atomic E-state index is 0.198. The van der Waals surface area contributed by atoms with Crippen molar-refractivity contribution < 1.29 is 9.59 Å². The highest BCUT2D eigenvalue weighted by Crippen LogP contribution is 2.07. The topological polar surface area (TPSA) is 60.2 Å². The molecule has 4 heteroatoms. The molecule has 1 heterocycles. The second-order valence-electron chi connectivity index (χ2n) is 2.08. The molecule has 0 saturated heterocycles. The Morgan fingerprint density at radius 1 is 1.55 bits per heavy atom. The molecule has 0 aromatic carbocycles. The molecule has 0 unspecified atom stereocenters. The summed E-state index contributed by atoms with van der Waals surface area (Å²) in [6.45, 7) is 0. The van der Waals surface area contributed by atoms with E-state index in [4.69, 9.17) is 5.73 Å². The molecule has 1 rings (SSSR count). The van der Waals surface area contributed by atoms with Crippen LogP contribution in [0.5, 0.6) is 0 Å². The smallest absolute Gasteiger partial charge is 0.225 e. The number of ketones is 1. The fourth-order valence-corrected chi connectivity index (χ4v) is 1.34. The fraction of sp³-hybridized carbons (Fsp3) is 0.143. The summed E-state index contributed by atoms with van der Waals surface area (Å²) in [7, 11) is 0. The molecule has 0 spiro atoms. The molecule has 0 atom stereocenters. The van der Waals surface area contributed by atoms with Crippen LogP contribution in [0.4, 0.5) is 0 Å². The molecule has 1 aromatic heterocycles. The van der Waals surface area contributed by atoms with Gasteiger partial charge in [0, 0.05) is 10.9 Å². The first-order valence-electron chi connectivity index (χ1n) is 3.04. The van der Waals surface area contributed by atoms with Gasteiger partial charge in [0.25, 0.3) is 0 Å². The van der Waals surface area contributed by atoms with Gasteiger partial charge in [-0.25, -0.2) is 0 Å². The molecule has 0 bridgehead atoms. The third-order valence-corrected chi connectivity index (χ3v) is 1.86. The van der Waals surface area contributed by atoms with Crippen molar-refractivity contribution in [1.82, 2.24) is 0 Å². The monoisotopic (exact) mass is 169 g/mol. The first-order valence-corrected chi connectivity index (χ1v) is 3.98. The van der Waals surface area contributed by atoms with Gasteiger partial charge in [-0.3, -0.25) is 9.59 Å². The predicted octanol–water partition coefficient (Wildman–Crippen LogP) is 0.806. The van der Waals surface area contributed by atoms with Gasteiger partial charge < -0.3 is 5.73 Å². The normalized spacial score (nSPS) is 9.45. The van der Waals surface area contributed by atoms with Crippen LogP contribution in [0.25, 0.3) is 0 Å². The Labute approximate surface area is 67.8 Å². The van der Waals surface area contributed by atoms with Gasteiger partial charge in [-0.2, -0.15) is 11.3 Å². The van der Waals surface area contributed by atoms with Gasteiger partial charge in [0.1, 0.15) is 0 Å². The summed E-state index contributed by atoms with van der Waals surface area (Å²) < 4.78 is 0. The minimum atomic E-state index is -0.582. The van der Waals surface area contributed by atoms with Gasteiger partial charge in [-0.15, -0.1) is 0 Å². The molecule has 11 heavy (non-hydrogen) atoms. The van der Waals surface area contributed by atoms with E-state index in [1.165, 1.54) is 11.3 Å². The van der Waals surface area contributed by atoms with Gasteiger partial charge in [0.05, 0.1) is 6.42 Å². The first kappa shape index (κ1) is 7.94. The predicted molar refractivity (Wildman–Crippen MR) is 42.5 cm³/mol. The number of thiophene rings is 1. The van der Waals surface area contributed by atoms with E-state index in [9.17, 15) is 9.59 Å². The summed E-state index contributed by atoms with van der Waals surface area (Å²) in [5.74, 6) is -0.792. The number of carbonyl (C=O) groups excluding carboxylic acids is 2. The van der Waals surface area contributed by atoms with E-state index >= 15 is 0 Å². The first-order chi connectivity index (χ1) is 5.20. The van der Waals surface area contributed by atoms with Crippen LogP contribution in [0.3, 0.4) is 0 Å². The summed E-state index contributed by atoms with van der Waals surface area (Å²) in [6, 6.07) is 1.68. The van der Waals surface area contributed by atoms with Crippen LogP contribution in [0.15, 0.2) is 16.8 Å². The quantitative estimate of drug-likeness (QED) is 0.537. The Morgan fingerprint density at radius 2 is 2.27 bits per heavy atom. The molecule has 0 aliphatic carbocycles. The van der Waals surface area contributed by atoms with Gasteiger partial charge in [-0.05, 0) is 11.4 Å². The van der Waals surface area contributed by atoms with Crippen molar-refractivity contribution in [3.05, 3.63) is 22.4 Å². The fourth-order valence-electron chi connectivity index (χ4n) is 0.683. The third-order valence-electron chi connectivity index (χ3n) is 1.18. The average molecular weight is 169 g/mol. The molecule has 0 aliphatic heterocycles. The number of hydrogen-bond acceptors (Lipinski definition) is 3. The van der Waals surface area contributed by atoms with Gasteiger partial charge in [0.2, 0.25) is 5.91 Å². The van der Waals surface area contributed by atoms with Crippen molar-refractivity contribution in [2.75, 3.05) is 0 Å². The highest BCUT2D eigenvalue weighted by molar-refractivity contribution is 7.08. The molecule has 0 radical (unpaired) electrons. The van der Waals surface area contributed by atoms with Crippen LogP contribution < -0.4 is 5.73 Å². The number of amides is 1. The molecule has 0 saturated carbocycles. The molecule has 2 N–H and O–H groups in total. The third kappa shape index (κ3) is 2.16. The molecule has 0 aliphatic rings. The van der Waals surface area contributed by atoms with Crippen LogP contribution in [-0.4, -0.2) is 11.7 Å². The van der Waals surface area contributed by atoms with Crippen molar-refractivity contribution in [2.45, 2.75) is 6.42 Å². The Bertz CT molecular complexity index is 266. The molecule has 3 nitrogen and oxygen atoms in total. The minimum Gasteiger partial charge on any atom is -0.369 e. The van der Waals surface area contributed by atoms with Crippen molar-refractivity contribution in [3.63, 3.8) is 0 Å². The van der Waals surface area contributed by atoms with Gasteiger partial charge in [0.15, 0.2) is 5.78 Å². The summed E-state index contributed by atoms with van der Waals surface area (Å²) in [5, 5.41) is 3.49. The largest absolute Gasteiger partial charge is 0.369 e. The lowest BCUT2D eigenvalue weighted by Crippen LogP contribution is -2.15. The number of Topliss-reactive ketones (excluding diaryl/α,β-unsaturated/α-hetero) is 1. The van der Waals surface area contributed by atoms with Crippen LogP contribution in [0.2, 0.25) is 0 Å².